The number of rotatable bonds is 13. The van der Waals surface area contributed by atoms with E-state index >= 15 is 0 Å². The molecule has 0 aliphatic carbocycles. The van der Waals surface area contributed by atoms with Crippen LogP contribution in [0.25, 0.3) is 10.9 Å². The van der Waals surface area contributed by atoms with Gasteiger partial charge in [-0.25, -0.2) is 0 Å². The van der Waals surface area contributed by atoms with Gasteiger partial charge in [0.25, 0.3) is 0 Å². The van der Waals surface area contributed by atoms with Gasteiger partial charge in [-0.2, -0.15) is 0 Å². The average molecular weight is 524 g/mol. The number of aryl methyl sites for hydroxylation is 1. The lowest BCUT2D eigenvalue weighted by Gasteiger charge is -2.19. The summed E-state index contributed by atoms with van der Waals surface area (Å²) in [5.74, 6) is 0.436. The fourth-order valence-electron chi connectivity index (χ4n) is 4.87. The van der Waals surface area contributed by atoms with E-state index in [9.17, 15) is 9.59 Å². The zero-order valence-electron chi connectivity index (χ0n) is 23.0. The summed E-state index contributed by atoms with van der Waals surface area (Å²) in [7, 11) is 0. The maximum absolute atomic E-state index is 13.5. The van der Waals surface area contributed by atoms with Crippen LogP contribution >= 0.6 is 0 Å². The first kappa shape index (κ1) is 27.9. The minimum Gasteiger partial charge on any atom is -0.485 e. The summed E-state index contributed by atoms with van der Waals surface area (Å²) in [5, 5.41) is 9.86. The van der Waals surface area contributed by atoms with E-state index in [2.05, 4.69) is 44.2 Å². The number of aromatic nitrogens is 1. The highest BCUT2D eigenvalue weighted by Gasteiger charge is 2.18. The van der Waals surface area contributed by atoms with E-state index in [0.29, 0.717) is 35.8 Å². The average Bonchev–Trinajstić information content (AvgIpc) is 3.29. The molecule has 39 heavy (non-hydrogen) atoms. The molecule has 4 aromatic rings. The van der Waals surface area contributed by atoms with Crippen molar-refractivity contribution in [3.05, 3.63) is 113 Å². The van der Waals surface area contributed by atoms with Gasteiger partial charge < -0.3 is 14.4 Å². The highest BCUT2D eigenvalue weighted by Crippen LogP contribution is 2.28. The molecule has 0 saturated carbocycles. The second-order valence-electron chi connectivity index (χ2n) is 10.4. The molecule has 0 aliphatic rings. The Morgan fingerprint density at radius 3 is 2.36 bits per heavy atom. The van der Waals surface area contributed by atoms with E-state index in [1.807, 2.05) is 72.3 Å². The Morgan fingerprint density at radius 1 is 0.974 bits per heavy atom. The van der Waals surface area contributed by atoms with E-state index in [1.54, 1.807) is 0 Å². The summed E-state index contributed by atoms with van der Waals surface area (Å²) < 4.78 is 8.36. The molecule has 1 unspecified atom stereocenters. The molecule has 0 spiro atoms. The molecule has 0 aliphatic heterocycles. The normalized spacial score (nSPS) is 12.3. The fraction of sp³-hybridized carbons (Fsp3) is 0.294. The third-order valence-electron chi connectivity index (χ3n) is 6.80. The van der Waals surface area contributed by atoms with E-state index in [1.165, 1.54) is 5.56 Å². The summed E-state index contributed by atoms with van der Waals surface area (Å²) in [4.78, 5) is 24.5. The maximum Gasteiger partial charge on any atom is 0.303 e. The van der Waals surface area contributed by atoms with Crippen molar-refractivity contribution < 1.29 is 19.4 Å². The predicted molar refractivity (Wildman–Crippen MR) is 156 cm³/mol. The molecule has 3 aromatic carbocycles. The van der Waals surface area contributed by atoms with Crippen LogP contribution in [0.1, 0.15) is 73.2 Å². The zero-order chi connectivity index (χ0) is 27.8. The fourth-order valence-corrected chi connectivity index (χ4v) is 4.87. The SMILES string of the molecule is C/C=C/CC(Oc1ccc(C(=O)c2cn(CCCC(=O)O)c3ccccc23)cc1)c1ccc(CC(C)C)cc1. The minimum absolute atomic E-state index is 0.0686. The van der Waals surface area contributed by atoms with Crippen LogP contribution in [0.4, 0.5) is 0 Å². The van der Waals surface area contributed by atoms with Crippen molar-refractivity contribution in [1.82, 2.24) is 4.57 Å². The lowest BCUT2D eigenvalue weighted by atomic mass is 9.99. The number of para-hydroxylation sites is 1. The van der Waals surface area contributed by atoms with Gasteiger partial charge in [0.15, 0.2) is 5.78 Å². The number of carbonyl (C=O) groups is 2. The lowest BCUT2D eigenvalue weighted by Crippen LogP contribution is -2.08. The number of aliphatic carboxylic acids is 1. The molecular weight excluding hydrogens is 486 g/mol. The molecule has 0 amide bonds. The number of allylic oxidation sites excluding steroid dienone is 1. The Hall–Kier alpha value is -4.12. The number of hydrogen-bond donors (Lipinski definition) is 1. The Labute approximate surface area is 230 Å². The van der Waals surface area contributed by atoms with Gasteiger partial charge in [-0.1, -0.05) is 68.5 Å². The van der Waals surface area contributed by atoms with E-state index < -0.39 is 5.97 Å². The van der Waals surface area contributed by atoms with Gasteiger partial charge >= 0.3 is 5.97 Å². The van der Waals surface area contributed by atoms with Crippen LogP contribution in [0.2, 0.25) is 0 Å². The Morgan fingerprint density at radius 2 is 1.69 bits per heavy atom. The molecule has 0 bridgehead atoms. The van der Waals surface area contributed by atoms with Crippen molar-refractivity contribution in [3.63, 3.8) is 0 Å². The Bertz CT molecular complexity index is 1430. The van der Waals surface area contributed by atoms with Crippen molar-refractivity contribution in [2.45, 2.75) is 59.1 Å². The molecule has 5 nitrogen and oxygen atoms in total. The van der Waals surface area contributed by atoms with E-state index in [-0.39, 0.29) is 18.3 Å². The van der Waals surface area contributed by atoms with E-state index in [4.69, 9.17) is 9.84 Å². The number of ketones is 1. The van der Waals surface area contributed by atoms with Gasteiger partial charge in [0.2, 0.25) is 0 Å². The molecule has 0 radical (unpaired) electrons. The monoisotopic (exact) mass is 523 g/mol. The number of carbonyl (C=O) groups excluding carboxylic acids is 1. The van der Waals surface area contributed by atoms with Crippen LogP contribution in [0, 0.1) is 5.92 Å². The zero-order valence-corrected chi connectivity index (χ0v) is 23.0. The summed E-state index contributed by atoms with van der Waals surface area (Å²) in [6.45, 7) is 6.99. The maximum atomic E-state index is 13.5. The highest BCUT2D eigenvalue weighted by molar-refractivity contribution is 6.16. The minimum atomic E-state index is -0.818. The van der Waals surface area contributed by atoms with Crippen LogP contribution in [0.15, 0.2) is 91.1 Å². The van der Waals surface area contributed by atoms with Crippen LogP contribution in [-0.4, -0.2) is 21.4 Å². The Kier molecular flexibility index (Phi) is 9.37. The van der Waals surface area contributed by atoms with Crippen molar-refractivity contribution in [3.8, 4) is 5.75 Å². The first-order chi connectivity index (χ1) is 18.9. The van der Waals surface area contributed by atoms with Crippen molar-refractivity contribution >= 4 is 22.7 Å². The lowest BCUT2D eigenvalue weighted by molar-refractivity contribution is -0.137. The van der Waals surface area contributed by atoms with Gasteiger partial charge in [0, 0.05) is 47.6 Å². The van der Waals surface area contributed by atoms with Gasteiger partial charge in [0.1, 0.15) is 11.9 Å². The summed E-state index contributed by atoms with van der Waals surface area (Å²) >= 11 is 0. The molecular formula is C34H37NO4. The number of hydrogen-bond acceptors (Lipinski definition) is 3. The molecule has 1 heterocycles. The molecule has 5 heteroatoms. The molecule has 1 N–H and O–H groups in total. The van der Waals surface area contributed by atoms with Gasteiger partial charge in [-0.15, -0.1) is 0 Å². The molecule has 0 saturated heterocycles. The Balaban J connectivity index is 1.52. The second-order valence-corrected chi connectivity index (χ2v) is 10.4. The largest absolute Gasteiger partial charge is 0.485 e. The van der Waals surface area contributed by atoms with Crippen LogP contribution in [0.3, 0.4) is 0 Å². The number of ether oxygens (including phenoxy) is 1. The van der Waals surface area contributed by atoms with Gasteiger partial charge in [0.05, 0.1) is 0 Å². The highest BCUT2D eigenvalue weighted by atomic mass is 16.5. The topological polar surface area (TPSA) is 68.5 Å². The van der Waals surface area contributed by atoms with Crippen LogP contribution in [-0.2, 0) is 17.8 Å². The molecule has 202 valence electrons. The summed E-state index contributed by atoms with van der Waals surface area (Å²) in [5.41, 5.74) is 4.57. The van der Waals surface area contributed by atoms with Crippen molar-refractivity contribution in [2.75, 3.05) is 0 Å². The number of fused-ring (bicyclic) bond motifs is 1. The molecule has 1 atom stereocenters. The van der Waals surface area contributed by atoms with E-state index in [0.717, 1.165) is 29.3 Å². The number of nitrogens with zero attached hydrogens (tertiary/aromatic N) is 1. The van der Waals surface area contributed by atoms with Crippen LogP contribution < -0.4 is 4.74 Å². The quantitative estimate of drug-likeness (QED) is 0.142. The summed E-state index contributed by atoms with van der Waals surface area (Å²) in [6.07, 6.45) is 8.26. The summed E-state index contributed by atoms with van der Waals surface area (Å²) in [6, 6.07) is 23.7. The van der Waals surface area contributed by atoms with Crippen molar-refractivity contribution in [2.24, 2.45) is 5.92 Å². The van der Waals surface area contributed by atoms with Gasteiger partial charge in [-0.3, -0.25) is 9.59 Å². The van der Waals surface area contributed by atoms with Crippen LogP contribution in [0.5, 0.6) is 5.75 Å². The third kappa shape index (κ3) is 7.26. The first-order valence-corrected chi connectivity index (χ1v) is 13.7. The molecule has 0 fully saturated rings. The predicted octanol–water partition coefficient (Wildman–Crippen LogP) is 8.02. The molecule has 4 rings (SSSR count). The smallest absolute Gasteiger partial charge is 0.303 e. The number of carboxylic acid groups (broad SMARTS) is 1. The van der Waals surface area contributed by atoms with Crippen molar-refractivity contribution in [1.29, 1.82) is 0 Å². The standard InChI is InChI=1S/C34H37NO4/c1-4-5-11-32(26-15-13-25(14-16-26)22-24(2)3)39-28-19-17-27(18-20-28)34(38)30-23-35(21-8-12-33(36)37)31-10-7-6-9-29(30)31/h4-7,9-10,13-20,23-24,32H,8,11-12,21-22H2,1-3H3,(H,36,37)/b5-4+. The second kappa shape index (κ2) is 13.1. The third-order valence-corrected chi connectivity index (χ3v) is 6.80. The number of carboxylic acids is 1. The first-order valence-electron chi connectivity index (χ1n) is 13.7. The molecule has 1 aromatic heterocycles. The number of benzene rings is 3. The van der Waals surface area contributed by atoms with Gasteiger partial charge in [-0.05, 0) is 67.1 Å².